The van der Waals surface area contributed by atoms with Gasteiger partial charge in [0.15, 0.2) is 0 Å². The first-order valence-corrected chi connectivity index (χ1v) is 7.95. The maximum atomic E-state index is 11.5. The molecule has 1 aliphatic carbocycles. The largest absolute Gasteiger partial charge is 0.494 e. The van der Waals surface area contributed by atoms with Gasteiger partial charge >= 0.3 is 0 Å². The lowest BCUT2D eigenvalue weighted by molar-refractivity contribution is -0.130. The van der Waals surface area contributed by atoms with Crippen LogP contribution < -0.4 is 4.74 Å². The minimum atomic E-state index is 0.0531. The Morgan fingerprint density at radius 3 is 2.29 bits per heavy atom. The third-order valence-electron chi connectivity index (χ3n) is 3.96. The summed E-state index contributed by atoms with van der Waals surface area (Å²) in [6.07, 6.45) is 5.88. The van der Waals surface area contributed by atoms with E-state index in [0.717, 1.165) is 24.3 Å². The highest BCUT2D eigenvalue weighted by Gasteiger charge is 2.26. The number of ether oxygens (including phenoxy) is 1. The Bertz CT molecular complexity index is 460. The van der Waals surface area contributed by atoms with Gasteiger partial charge in [-0.3, -0.25) is 9.59 Å². The Kier molecular flexibility index (Phi) is 5.97. The van der Waals surface area contributed by atoms with Gasteiger partial charge in [0.25, 0.3) is 0 Å². The molecule has 0 aromatic heterocycles. The van der Waals surface area contributed by atoms with Crippen molar-refractivity contribution in [2.24, 2.45) is 0 Å². The Balaban J connectivity index is 1.84. The van der Waals surface area contributed by atoms with Gasteiger partial charge in [-0.1, -0.05) is 38.3 Å². The monoisotopic (exact) mass is 288 g/mol. The summed E-state index contributed by atoms with van der Waals surface area (Å²) in [5.41, 5.74) is 1.06. The molecule has 0 amide bonds. The molecule has 0 spiro atoms. The quantitative estimate of drug-likeness (QED) is 0.561. The SMILES string of the molecule is CCCCCCOc1ccc(C2CC(=O)CC(=O)C2)cc1. The number of benzene rings is 1. The fourth-order valence-corrected chi connectivity index (χ4v) is 2.78. The Morgan fingerprint density at radius 2 is 1.67 bits per heavy atom. The van der Waals surface area contributed by atoms with Gasteiger partial charge in [0.1, 0.15) is 17.3 Å². The molecule has 114 valence electrons. The van der Waals surface area contributed by atoms with Crippen molar-refractivity contribution in [3.05, 3.63) is 29.8 Å². The molecular formula is C18H24O3. The van der Waals surface area contributed by atoms with Gasteiger partial charge in [-0.05, 0) is 30.0 Å². The first kappa shape index (κ1) is 15.7. The molecular weight excluding hydrogens is 264 g/mol. The normalized spacial score (nSPS) is 16.2. The molecule has 0 bridgehead atoms. The minimum Gasteiger partial charge on any atom is -0.494 e. The summed E-state index contributed by atoms with van der Waals surface area (Å²) >= 11 is 0. The van der Waals surface area contributed by atoms with Gasteiger partial charge in [-0.15, -0.1) is 0 Å². The lowest BCUT2D eigenvalue weighted by Crippen LogP contribution is -2.21. The summed E-state index contributed by atoms with van der Waals surface area (Å²) in [5.74, 6) is 1.04. The standard InChI is InChI=1S/C18H24O3/c1-2-3-4-5-10-21-18-8-6-14(7-9-18)15-11-16(19)13-17(20)12-15/h6-9,15H,2-5,10-13H2,1H3. The van der Waals surface area contributed by atoms with Crippen LogP contribution in [0.4, 0.5) is 0 Å². The second kappa shape index (κ2) is 7.96. The molecule has 1 aromatic carbocycles. The fraction of sp³-hybridized carbons (Fsp3) is 0.556. The number of Topliss-reactive ketones (excluding diaryl/α,β-unsaturated/α-hetero) is 2. The van der Waals surface area contributed by atoms with Crippen LogP contribution in [0.5, 0.6) is 5.75 Å². The molecule has 1 fully saturated rings. The maximum Gasteiger partial charge on any atom is 0.140 e. The number of unbranched alkanes of at least 4 members (excludes halogenated alkanes) is 3. The van der Waals surface area contributed by atoms with Crippen molar-refractivity contribution in [2.45, 2.75) is 57.8 Å². The van der Waals surface area contributed by atoms with Gasteiger partial charge in [0, 0.05) is 12.8 Å². The molecule has 0 radical (unpaired) electrons. The molecule has 0 unspecified atom stereocenters. The second-order valence-electron chi connectivity index (χ2n) is 5.84. The van der Waals surface area contributed by atoms with Crippen LogP contribution in [0, 0.1) is 0 Å². The number of hydrogen-bond acceptors (Lipinski definition) is 3. The summed E-state index contributed by atoms with van der Waals surface area (Å²) in [5, 5.41) is 0. The molecule has 0 heterocycles. The average molecular weight is 288 g/mol. The maximum absolute atomic E-state index is 11.5. The second-order valence-corrected chi connectivity index (χ2v) is 5.84. The zero-order chi connectivity index (χ0) is 15.1. The van der Waals surface area contributed by atoms with Crippen molar-refractivity contribution < 1.29 is 14.3 Å². The Labute approximate surface area is 126 Å². The van der Waals surface area contributed by atoms with E-state index in [0.29, 0.717) is 12.8 Å². The number of ketones is 2. The van der Waals surface area contributed by atoms with E-state index in [4.69, 9.17) is 4.74 Å². The molecule has 0 N–H and O–H groups in total. The van der Waals surface area contributed by atoms with Crippen molar-refractivity contribution in [3.8, 4) is 5.75 Å². The molecule has 1 aliphatic rings. The molecule has 0 saturated heterocycles. The predicted octanol–water partition coefficient (Wildman–Crippen LogP) is 4.05. The topological polar surface area (TPSA) is 43.4 Å². The first-order chi connectivity index (χ1) is 10.2. The fourth-order valence-electron chi connectivity index (χ4n) is 2.78. The third-order valence-corrected chi connectivity index (χ3v) is 3.96. The number of carbonyl (C=O) groups is 2. The summed E-state index contributed by atoms with van der Waals surface area (Å²) in [6.45, 7) is 2.94. The summed E-state index contributed by atoms with van der Waals surface area (Å²) < 4.78 is 5.70. The molecule has 1 saturated carbocycles. The van der Waals surface area contributed by atoms with Crippen LogP contribution in [0.2, 0.25) is 0 Å². The highest BCUT2D eigenvalue weighted by molar-refractivity contribution is 6.02. The Hall–Kier alpha value is -1.64. The van der Waals surface area contributed by atoms with Crippen LogP contribution in [0.3, 0.4) is 0 Å². The van der Waals surface area contributed by atoms with Crippen molar-refractivity contribution >= 4 is 11.6 Å². The van der Waals surface area contributed by atoms with E-state index in [1.807, 2.05) is 24.3 Å². The van der Waals surface area contributed by atoms with E-state index in [9.17, 15) is 9.59 Å². The lowest BCUT2D eigenvalue weighted by Gasteiger charge is -2.20. The molecule has 0 atom stereocenters. The zero-order valence-corrected chi connectivity index (χ0v) is 12.8. The highest BCUT2D eigenvalue weighted by atomic mass is 16.5. The van der Waals surface area contributed by atoms with Crippen molar-refractivity contribution in [1.82, 2.24) is 0 Å². The van der Waals surface area contributed by atoms with E-state index < -0.39 is 0 Å². The molecule has 2 rings (SSSR count). The van der Waals surface area contributed by atoms with Crippen molar-refractivity contribution in [3.63, 3.8) is 0 Å². The molecule has 21 heavy (non-hydrogen) atoms. The van der Waals surface area contributed by atoms with Gasteiger partial charge in [-0.2, -0.15) is 0 Å². The van der Waals surface area contributed by atoms with Crippen molar-refractivity contribution in [1.29, 1.82) is 0 Å². The van der Waals surface area contributed by atoms with Crippen LogP contribution >= 0.6 is 0 Å². The van der Waals surface area contributed by atoms with E-state index in [1.165, 1.54) is 19.3 Å². The van der Waals surface area contributed by atoms with Gasteiger partial charge in [0.05, 0.1) is 13.0 Å². The summed E-state index contributed by atoms with van der Waals surface area (Å²) in [6, 6.07) is 7.85. The summed E-state index contributed by atoms with van der Waals surface area (Å²) in [7, 11) is 0. The van der Waals surface area contributed by atoms with Crippen molar-refractivity contribution in [2.75, 3.05) is 6.61 Å². The molecule has 3 nitrogen and oxygen atoms in total. The first-order valence-electron chi connectivity index (χ1n) is 7.95. The number of rotatable bonds is 7. The Morgan fingerprint density at radius 1 is 1.00 bits per heavy atom. The highest BCUT2D eigenvalue weighted by Crippen LogP contribution is 2.30. The minimum absolute atomic E-state index is 0.0531. The van der Waals surface area contributed by atoms with Gasteiger partial charge in [0.2, 0.25) is 0 Å². The molecule has 3 heteroatoms. The van der Waals surface area contributed by atoms with Gasteiger partial charge in [-0.25, -0.2) is 0 Å². The predicted molar refractivity (Wildman–Crippen MR) is 82.7 cm³/mol. The number of carbonyl (C=O) groups excluding carboxylic acids is 2. The summed E-state index contributed by atoms with van der Waals surface area (Å²) in [4.78, 5) is 23.0. The van der Waals surface area contributed by atoms with Crippen LogP contribution in [0.1, 0.15) is 63.4 Å². The van der Waals surface area contributed by atoms with E-state index in [2.05, 4.69) is 6.92 Å². The lowest BCUT2D eigenvalue weighted by atomic mass is 9.83. The van der Waals surface area contributed by atoms with Crippen LogP contribution in [-0.4, -0.2) is 18.2 Å². The number of hydrogen-bond donors (Lipinski definition) is 0. The van der Waals surface area contributed by atoms with Crippen LogP contribution in [0.15, 0.2) is 24.3 Å². The molecule has 1 aromatic rings. The molecule has 0 aliphatic heterocycles. The van der Waals surface area contributed by atoms with E-state index in [-0.39, 0.29) is 23.9 Å². The average Bonchev–Trinajstić information content (AvgIpc) is 2.47. The smallest absolute Gasteiger partial charge is 0.140 e. The van der Waals surface area contributed by atoms with Crippen LogP contribution in [0.25, 0.3) is 0 Å². The van der Waals surface area contributed by atoms with Crippen LogP contribution in [-0.2, 0) is 9.59 Å². The van der Waals surface area contributed by atoms with E-state index in [1.54, 1.807) is 0 Å². The van der Waals surface area contributed by atoms with E-state index >= 15 is 0 Å². The zero-order valence-electron chi connectivity index (χ0n) is 12.8. The third kappa shape index (κ3) is 5.00. The van der Waals surface area contributed by atoms with Gasteiger partial charge < -0.3 is 4.74 Å².